The first-order valence-electron chi connectivity index (χ1n) is 7.48. The zero-order chi connectivity index (χ0) is 17.3. The largest absolute Gasteiger partial charge is 0.360 e. The zero-order valence-electron chi connectivity index (χ0n) is 13.4. The van der Waals surface area contributed by atoms with Gasteiger partial charge in [0, 0.05) is 32.4 Å². The highest BCUT2D eigenvalue weighted by Gasteiger charge is 2.33. The van der Waals surface area contributed by atoms with Gasteiger partial charge in [-0.15, -0.1) is 0 Å². The van der Waals surface area contributed by atoms with Crippen LogP contribution in [0.15, 0.2) is 27.7 Å². The molecule has 1 saturated heterocycles. The maximum Gasteiger partial charge on any atom is 0.248 e. The number of anilines is 1. The summed E-state index contributed by atoms with van der Waals surface area (Å²) in [6, 6.07) is 5.53. The maximum absolute atomic E-state index is 12.8. The Morgan fingerprint density at radius 3 is 2.54 bits per heavy atom. The molecule has 3 rings (SSSR count). The van der Waals surface area contributed by atoms with Gasteiger partial charge in [0.1, 0.15) is 22.5 Å². The van der Waals surface area contributed by atoms with Gasteiger partial charge in [-0.05, 0) is 26.0 Å². The third-order valence-electron chi connectivity index (χ3n) is 4.01. The summed E-state index contributed by atoms with van der Waals surface area (Å²) < 4.78 is 32.0. The lowest BCUT2D eigenvalue weighted by Gasteiger charge is -2.34. The van der Waals surface area contributed by atoms with Crippen LogP contribution in [0, 0.1) is 25.2 Å². The van der Waals surface area contributed by atoms with Crippen molar-refractivity contribution >= 4 is 15.8 Å². The van der Waals surface area contributed by atoms with E-state index in [1.807, 2.05) is 4.90 Å². The van der Waals surface area contributed by atoms with Crippen LogP contribution in [0.25, 0.3) is 0 Å². The summed E-state index contributed by atoms with van der Waals surface area (Å²) in [5.41, 5.74) is 0.853. The number of hydrogen-bond acceptors (Lipinski definition) is 7. The maximum atomic E-state index is 12.8. The van der Waals surface area contributed by atoms with Crippen molar-refractivity contribution in [1.29, 1.82) is 5.26 Å². The Kier molecular flexibility index (Phi) is 4.26. The van der Waals surface area contributed by atoms with Crippen LogP contribution in [0.2, 0.25) is 0 Å². The lowest BCUT2D eigenvalue weighted by molar-refractivity contribution is 0.378. The van der Waals surface area contributed by atoms with Gasteiger partial charge in [0.15, 0.2) is 5.76 Å². The van der Waals surface area contributed by atoms with Gasteiger partial charge in [-0.25, -0.2) is 13.4 Å². The number of piperazine rings is 1. The highest BCUT2D eigenvalue weighted by molar-refractivity contribution is 7.89. The van der Waals surface area contributed by atoms with Crippen LogP contribution in [-0.4, -0.2) is 49.0 Å². The second-order valence-electron chi connectivity index (χ2n) is 5.53. The molecule has 9 heteroatoms. The van der Waals surface area contributed by atoms with Crippen LogP contribution >= 0.6 is 0 Å². The molecule has 2 aromatic rings. The minimum absolute atomic E-state index is 0.145. The van der Waals surface area contributed by atoms with E-state index in [1.54, 1.807) is 32.2 Å². The fourth-order valence-corrected chi connectivity index (χ4v) is 4.56. The molecule has 0 spiro atoms. The zero-order valence-corrected chi connectivity index (χ0v) is 14.2. The molecule has 0 N–H and O–H groups in total. The summed E-state index contributed by atoms with van der Waals surface area (Å²) in [4.78, 5) is 6.32. The van der Waals surface area contributed by atoms with Crippen LogP contribution in [0.4, 0.5) is 5.82 Å². The van der Waals surface area contributed by atoms with E-state index in [1.165, 1.54) is 4.31 Å². The molecule has 0 aliphatic carbocycles. The molecule has 1 aliphatic heterocycles. The summed E-state index contributed by atoms with van der Waals surface area (Å²) in [5, 5.41) is 12.9. The molecule has 2 aromatic heterocycles. The predicted octanol–water partition coefficient (Wildman–Crippen LogP) is 1.07. The number of rotatable bonds is 3. The van der Waals surface area contributed by atoms with E-state index in [4.69, 9.17) is 4.52 Å². The average molecular weight is 347 g/mol. The molecular weight excluding hydrogens is 330 g/mol. The van der Waals surface area contributed by atoms with Gasteiger partial charge in [-0.1, -0.05) is 5.16 Å². The number of nitriles is 1. The van der Waals surface area contributed by atoms with Gasteiger partial charge in [0.05, 0.1) is 5.56 Å². The third kappa shape index (κ3) is 2.74. The summed E-state index contributed by atoms with van der Waals surface area (Å²) in [6.45, 7) is 4.77. The van der Waals surface area contributed by atoms with Crippen LogP contribution < -0.4 is 4.90 Å². The molecule has 0 bridgehead atoms. The lowest BCUT2D eigenvalue weighted by Crippen LogP contribution is -2.49. The van der Waals surface area contributed by atoms with Crippen molar-refractivity contribution in [2.24, 2.45) is 0 Å². The Morgan fingerprint density at radius 1 is 1.25 bits per heavy atom. The smallest absolute Gasteiger partial charge is 0.248 e. The molecule has 0 saturated carbocycles. The molecule has 8 nitrogen and oxygen atoms in total. The Hall–Kier alpha value is -2.44. The third-order valence-corrected chi connectivity index (χ3v) is 6.15. The van der Waals surface area contributed by atoms with Crippen LogP contribution in [0.1, 0.15) is 17.0 Å². The standard InChI is InChI=1S/C15H17N5O3S/c1-11-14(12(2)23-18-11)24(21,22)20-8-6-19(7-9-20)15-13(10-16)4-3-5-17-15/h3-5H,6-9H2,1-2H3. The van der Waals surface area contributed by atoms with Gasteiger partial charge >= 0.3 is 0 Å². The number of pyridine rings is 1. The summed E-state index contributed by atoms with van der Waals surface area (Å²) in [5.74, 6) is 0.890. The molecule has 0 amide bonds. The van der Waals surface area contributed by atoms with Gasteiger partial charge < -0.3 is 9.42 Å². The van der Waals surface area contributed by atoms with Crippen molar-refractivity contribution in [1.82, 2.24) is 14.4 Å². The quantitative estimate of drug-likeness (QED) is 0.818. The van der Waals surface area contributed by atoms with E-state index < -0.39 is 10.0 Å². The predicted molar refractivity (Wildman–Crippen MR) is 85.9 cm³/mol. The van der Waals surface area contributed by atoms with Crippen LogP contribution in [-0.2, 0) is 10.0 Å². The van der Waals surface area contributed by atoms with E-state index in [-0.39, 0.29) is 4.90 Å². The average Bonchev–Trinajstić information content (AvgIpc) is 2.94. The van der Waals surface area contributed by atoms with Crippen molar-refractivity contribution < 1.29 is 12.9 Å². The van der Waals surface area contributed by atoms with Gasteiger partial charge in [-0.3, -0.25) is 0 Å². The number of aromatic nitrogens is 2. The Morgan fingerprint density at radius 2 is 1.96 bits per heavy atom. The molecular formula is C15H17N5O3S. The first-order chi connectivity index (χ1) is 11.4. The normalized spacial score (nSPS) is 16.1. The topological polar surface area (TPSA) is 103 Å². The van der Waals surface area contributed by atoms with Gasteiger partial charge in [-0.2, -0.15) is 9.57 Å². The SMILES string of the molecule is Cc1noc(C)c1S(=O)(=O)N1CCN(c2ncccc2C#N)CC1. The van der Waals surface area contributed by atoms with E-state index in [0.717, 1.165) is 0 Å². The second-order valence-corrected chi connectivity index (χ2v) is 7.41. The van der Waals surface area contributed by atoms with Crippen LogP contribution in [0.5, 0.6) is 0 Å². The van der Waals surface area contributed by atoms with E-state index in [0.29, 0.717) is 49.0 Å². The number of nitrogens with zero attached hydrogens (tertiary/aromatic N) is 5. The highest BCUT2D eigenvalue weighted by atomic mass is 32.2. The second kappa shape index (κ2) is 6.22. The molecule has 1 fully saturated rings. The minimum atomic E-state index is -3.64. The lowest BCUT2D eigenvalue weighted by atomic mass is 10.2. The fourth-order valence-electron chi connectivity index (χ4n) is 2.85. The molecule has 24 heavy (non-hydrogen) atoms. The van der Waals surface area contributed by atoms with Crippen molar-refractivity contribution in [2.75, 3.05) is 31.1 Å². The Labute approximate surface area is 140 Å². The van der Waals surface area contributed by atoms with Crippen molar-refractivity contribution in [3.8, 4) is 6.07 Å². The molecule has 1 aliphatic rings. The molecule has 3 heterocycles. The number of sulfonamides is 1. The van der Waals surface area contributed by atoms with Crippen molar-refractivity contribution in [3.63, 3.8) is 0 Å². The Balaban J connectivity index is 1.79. The number of aryl methyl sites for hydroxylation is 2. The van der Waals surface area contributed by atoms with Crippen molar-refractivity contribution in [2.45, 2.75) is 18.7 Å². The Bertz CT molecular complexity index is 873. The van der Waals surface area contributed by atoms with E-state index >= 15 is 0 Å². The van der Waals surface area contributed by atoms with Crippen LogP contribution in [0.3, 0.4) is 0 Å². The minimum Gasteiger partial charge on any atom is -0.360 e. The first kappa shape index (κ1) is 16.4. The van der Waals surface area contributed by atoms with E-state index in [2.05, 4.69) is 16.2 Å². The monoisotopic (exact) mass is 347 g/mol. The summed E-state index contributed by atoms with van der Waals surface area (Å²) >= 11 is 0. The van der Waals surface area contributed by atoms with E-state index in [9.17, 15) is 13.7 Å². The molecule has 0 aromatic carbocycles. The van der Waals surface area contributed by atoms with Crippen molar-refractivity contribution in [3.05, 3.63) is 35.3 Å². The van der Waals surface area contributed by atoms with Gasteiger partial charge in [0.25, 0.3) is 0 Å². The molecule has 126 valence electrons. The molecule has 0 unspecified atom stereocenters. The molecule has 0 atom stereocenters. The fraction of sp³-hybridized carbons (Fsp3) is 0.400. The first-order valence-corrected chi connectivity index (χ1v) is 8.92. The number of hydrogen-bond donors (Lipinski definition) is 0. The molecule has 0 radical (unpaired) electrons. The van der Waals surface area contributed by atoms with Gasteiger partial charge in [0.2, 0.25) is 10.0 Å². The summed E-state index contributed by atoms with van der Waals surface area (Å²) in [7, 11) is -3.64. The highest BCUT2D eigenvalue weighted by Crippen LogP contribution is 2.25. The summed E-state index contributed by atoms with van der Waals surface area (Å²) in [6.07, 6.45) is 1.63.